The van der Waals surface area contributed by atoms with Crippen LogP contribution in [-0.2, 0) is 9.47 Å². The summed E-state index contributed by atoms with van der Waals surface area (Å²) in [5.74, 6) is 1.60. The number of ether oxygens (including phenoxy) is 4. The molecule has 3 atom stereocenters. The monoisotopic (exact) mass is 236 g/mol. The van der Waals surface area contributed by atoms with Crippen molar-refractivity contribution >= 4 is 0 Å². The highest BCUT2D eigenvalue weighted by Crippen LogP contribution is 2.32. The van der Waals surface area contributed by atoms with Crippen molar-refractivity contribution < 1.29 is 18.9 Å². The largest absolute Gasteiger partial charge is 0.486 e. The zero-order valence-electron chi connectivity index (χ0n) is 9.80. The molecule has 0 N–H and O–H groups in total. The molecule has 4 nitrogen and oxygen atoms in total. The molecular weight excluding hydrogens is 220 g/mol. The molecule has 0 unspecified atom stereocenters. The first-order chi connectivity index (χ1) is 8.33. The van der Waals surface area contributed by atoms with Crippen molar-refractivity contribution in [2.45, 2.75) is 25.2 Å². The fraction of sp³-hybridized carbons (Fsp3) is 0.538. The van der Waals surface area contributed by atoms with Gasteiger partial charge in [0.1, 0.15) is 12.7 Å². The van der Waals surface area contributed by atoms with Gasteiger partial charge in [0, 0.05) is 0 Å². The lowest BCUT2D eigenvalue weighted by atomic mass is 10.2. The van der Waals surface area contributed by atoms with Crippen LogP contribution in [0.1, 0.15) is 6.92 Å². The molecule has 3 rings (SSSR count). The Hall–Kier alpha value is -1.26. The van der Waals surface area contributed by atoms with E-state index in [9.17, 15) is 0 Å². The first-order valence-electron chi connectivity index (χ1n) is 5.94. The van der Waals surface area contributed by atoms with E-state index in [0.717, 1.165) is 18.1 Å². The van der Waals surface area contributed by atoms with E-state index >= 15 is 0 Å². The van der Waals surface area contributed by atoms with Gasteiger partial charge in [0.2, 0.25) is 0 Å². The van der Waals surface area contributed by atoms with Gasteiger partial charge in [0.25, 0.3) is 0 Å². The Morgan fingerprint density at radius 1 is 1.29 bits per heavy atom. The molecule has 2 aliphatic rings. The van der Waals surface area contributed by atoms with E-state index in [2.05, 4.69) is 0 Å². The number of para-hydroxylation sites is 2. The van der Waals surface area contributed by atoms with E-state index in [4.69, 9.17) is 18.9 Å². The Morgan fingerprint density at radius 2 is 2.06 bits per heavy atom. The van der Waals surface area contributed by atoms with Crippen LogP contribution in [0.5, 0.6) is 11.5 Å². The molecule has 0 aliphatic carbocycles. The third kappa shape index (κ3) is 2.53. The summed E-state index contributed by atoms with van der Waals surface area (Å²) >= 11 is 0. The van der Waals surface area contributed by atoms with Crippen molar-refractivity contribution in [1.82, 2.24) is 0 Å². The van der Waals surface area contributed by atoms with Crippen LogP contribution in [0.2, 0.25) is 0 Å². The normalized spacial score (nSPS) is 27.6. The number of rotatable bonds is 4. The minimum Gasteiger partial charge on any atom is -0.486 e. The van der Waals surface area contributed by atoms with Gasteiger partial charge in [-0.2, -0.15) is 0 Å². The Bertz CT molecular complexity index is 389. The third-order valence-electron chi connectivity index (χ3n) is 3.00. The van der Waals surface area contributed by atoms with Gasteiger partial charge < -0.3 is 18.9 Å². The molecule has 4 heteroatoms. The lowest BCUT2D eigenvalue weighted by Gasteiger charge is -2.30. The molecule has 2 heterocycles. The highest BCUT2D eigenvalue weighted by Gasteiger charge is 2.29. The average Bonchev–Trinajstić information content (AvgIpc) is 3.19. The molecule has 1 fully saturated rings. The number of epoxide rings is 1. The van der Waals surface area contributed by atoms with Crippen molar-refractivity contribution in [2.24, 2.45) is 0 Å². The lowest BCUT2D eigenvalue weighted by Crippen LogP contribution is -2.40. The van der Waals surface area contributed by atoms with Gasteiger partial charge in [-0.15, -0.1) is 0 Å². The summed E-state index contributed by atoms with van der Waals surface area (Å²) in [5, 5.41) is 0. The summed E-state index contributed by atoms with van der Waals surface area (Å²) < 4.78 is 22.3. The van der Waals surface area contributed by atoms with E-state index in [0.29, 0.717) is 13.2 Å². The number of benzene rings is 1. The number of fused-ring (bicyclic) bond motifs is 1. The molecule has 2 aliphatic heterocycles. The van der Waals surface area contributed by atoms with Gasteiger partial charge in [-0.05, 0) is 19.1 Å². The van der Waals surface area contributed by atoms with Crippen molar-refractivity contribution in [2.75, 3.05) is 19.8 Å². The van der Waals surface area contributed by atoms with E-state index in [1.165, 1.54) is 0 Å². The molecule has 17 heavy (non-hydrogen) atoms. The average molecular weight is 236 g/mol. The van der Waals surface area contributed by atoms with Gasteiger partial charge in [-0.3, -0.25) is 0 Å². The summed E-state index contributed by atoms with van der Waals surface area (Å²) in [5.41, 5.74) is 0. The topological polar surface area (TPSA) is 40.2 Å². The van der Waals surface area contributed by atoms with Crippen LogP contribution in [-0.4, -0.2) is 38.1 Å². The fourth-order valence-corrected chi connectivity index (χ4v) is 1.80. The van der Waals surface area contributed by atoms with Crippen LogP contribution in [0.3, 0.4) is 0 Å². The quantitative estimate of drug-likeness (QED) is 0.745. The Balaban J connectivity index is 1.58. The fourth-order valence-electron chi connectivity index (χ4n) is 1.80. The van der Waals surface area contributed by atoms with Crippen LogP contribution in [0, 0.1) is 0 Å². The smallest absolute Gasteiger partial charge is 0.161 e. The van der Waals surface area contributed by atoms with E-state index in [1.54, 1.807) is 0 Å². The van der Waals surface area contributed by atoms with Gasteiger partial charge in [0.05, 0.1) is 19.3 Å². The molecule has 0 saturated carbocycles. The van der Waals surface area contributed by atoms with E-state index < -0.39 is 0 Å². The van der Waals surface area contributed by atoms with Crippen molar-refractivity contribution in [3.63, 3.8) is 0 Å². The predicted molar refractivity (Wildman–Crippen MR) is 61.5 cm³/mol. The Morgan fingerprint density at radius 3 is 2.82 bits per heavy atom. The molecular formula is C13H16O4. The zero-order valence-corrected chi connectivity index (χ0v) is 9.80. The van der Waals surface area contributed by atoms with Crippen molar-refractivity contribution in [3.8, 4) is 11.5 Å². The molecule has 0 spiro atoms. The molecule has 0 bridgehead atoms. The molecule has 92 valence electrons. The molecule has 1 aromatic carbocycles. The summed E-state index contributed by atoms with van der Waals surface area (Å²) in [6, 6.07) is 7.70. The molecule has 1 saturated heterocycles. The van der Waals surface area contributed by atoms with E-state index in [1.807, 2.05) is 31.2 Å². The molecule has 0 amide bonds. The van der Waals surface area contributed by atoms with Crippen LogP contribution in [0.4, 0.5) is 0 Å². The second-order valence-corrected chi connectivity index (χ2v) is 4.41. The minimum atomic E-state index is -0.0522. The highest BCUT2D eigenvalue weighted by atomic mass is 16.6. The summed E-state index contributed by atoms with van der Waals surface area (Å²) in [4.78, 5) is 0. The predicted octanol–water partition coefficient (Wildman–Crippen LogP) is 1.63. The maximum absolute atomic E-state index is 5.86. The highest BCUT2D eigenvalue weighted by molar-refractivity contribution is 5.40. The maximum Gasteiger partial charge on any atom is 0.161 e. The zero-order chi connectivity index (χ0) is 11.7. The van der Waals surface area contributed by atoms with Crippen LogP contribution >= 0.6 is 0 Å². The van der Waals surface area contributed by atoms with Gasteiger partial charge in [-0.25, -0.2) is 0 Å². The second kappa shape index (κ2) is 4.55. The SMILES string of the molecule is C[C@H](OC[C@@H]1CO1)[C@@H]1COc2ccccc2O1. The van der Waals surface area contributed by atoms with Gasteiger partial charge in [-0.1, -0.05) is 12.1 Å². The number of hydrogen-bond donors (Lipinski definition) is 0. The second-order valence-electron chi connectivity index (χ2n) is 4.41. The van der Waals surface area contributed by atoms with Gasteiger partial charge in [0.15, 0.2) is 17.6 Å². The molecule has 0 radical (unpaired) electrons. The van der Waals surface area contributed by atoms with Crippen molar-refractivity contribution in [1.29, 1.82) is 0 Å². The minimum absolute atomic E-state index is 0.00700. The Labute approximate surface area is 100 Å². The standard InChI is InChI=1S/C13H16O4/c1-9(14-6-10-7-15-10)13-8-16-11-4-2-3-5-12(11)17-13/h2-5,9-10,13H,6-8H2,1H3/t9-,10+,13-/m0/s1. The van der Waals surface area contributed by atoms with Crippen LogP contribution in [0.25, 0.3) is 0 Å². The van der Waals surface area contributed by atoms with Crippen LogP contribution in [0.15, 0.2) is 24.3 Å². The lowest BCUT2D eigenvalue weighted by molar-refractivity contribution is -0.0475. The van der Waals surface area contributed by atoms with Gasteiger partial charge >= 0.3 is 0 Å². The van der Waals surface area contributed by atoms with Crippen LogP contribution < -0.4 is 9.47 Å². The molecule has 1 aromatic rings. The molecule has 0 aromatic heterocycles. The first kappa shape index (κ1) is 10.9. The summed E-state index contributed by atoms with van der Waals surface area (Å²) in [6.45, 7) is 3.99. The Kier molecular flexibility index (Phi) is 2.91. The first-order valence-corrected chi connectivity index (χ1v) is 5.94. The maximum atomic E-state index is 5.86. The summed E-state index contributed by atoms with van der Waals surface area (Å²) in [6.07, 6.45) is 0.241. The summed E-state index contributed by atoms with van der Waals surface area (Å²) in [7, 11) is 0. The number of hydrogen-bond acceptors (Lipinski definition) is 4. The van der Waals surface area contributed by atoms with E-state index in [-0.39, 0.29) is 18.3 Å². The third-order valence-corrected chi connectivity index (χ3v) is 3.00. The van der Waals surface area contributed by atoms with Crippen molar-refractivity contribution in [3.05, 3.63) is 24.3 Å².